The lowest BCUT2D eigenvalue weighted by Crippen LogP contribution is -2.03. The average Bonchev–Trinajstić information content (AvgIpc) is 2.75. The van der Waals surface area contributed by atoms with Gasteiger partial charge in [-0.15, -0.1) is 0 Å². The number of methoxy groups -OCH3 is 1. The molecule has 2 rings (SSSR count). The Morgan fingerprint density at radius 3 is 2.69 bits per heavy atom. The summed E-state index contributed by atoms with van der Waals surface area (Å²) in [5.41, 5.74) is 2.03. The molecule has 1 N–H and O–H groups in total. The summed E-state index contributed by atoms with van der Waals surface area (Å²) in [5, 5.41) is 1.08. The van der Waals surface area contributed by atoms with E-state index in [4.69, 9.17) is 0 Å². The van der Waals surface area contributed by atoms with E-state index >= 15 is 0 Å². The van der Waals surface area contributed by atoms with Crippen molar-refractivity contribution < 1.29 is 9.53 Å². The molecule has 3 heteroatoms. The lowest BCUT2D eigenvalue weighted by molar-refractivity contribution is -0.139. The zero-order valence-electron chi connectivity index (χ0n) is 9.91. The largest absolute Gasteiger partial charge is 0.469 e. The third-order valence-electron chi connectivity index (χ3n) is 2.24. The molecular weight excluding hydrogens is 202 g/mol. The molecule has 0 radical (unpaired) electrons. The zero-order valence-corrected chi connectivity index (χ0v) is 9.91. The van der Waals surface area contributed by atoms with Crippen LogP contribution in [0.4, 0.5) is 0 Å². The third kappa shape index (κ3) is 2.63. The molecule has 0 bridgehead atoms. The van der Waals surface area contributed by atoms with Crippen molar-refractivity contribution in [1.29, 1.82) is 0 Å². The van der Waals surface area contributed by atoms with Crippen molar-refractivity contribution in [2.75, 3.05) is 7.11 Å². The maximum absolute atomic E-state index is 11.1. The minimum Gasteiger partial charge on any atom is -0.469 e. The van der Waals surface area contributed by atoms with Crippen LogP contribution in [0.3, 0.4) is 0 Å². The summed E-state index contributed by atoms with van der Waals surface area (Å²) in [6, 6.07) is 7.89. The third-order valence-corrected chi connectivity index (χ3v) is 2.24. The minimum atomic E-state index is -0.213. The Morgan fingerprint density at radius 1 is 1.31 bits per heavy atom. The van der Waals surface area contributed by atoms with Crippen LogP contribution < -0.4 is 0 Å². The second-order valence-electron chi connectivity index (χ2n) is 3.11. The number of carbonyl (C=O) groups excluding carboxylic acids is 1. The number of carbonyl (C=O) groups is 1. The molecule has 0 aliphatic heterocycles. The number of para-hydroxylation sites is 1. The van der Waals surface area contributed by atoms with Gasteiger partial charge >= 0.3 is 5.97 Å². The highest BCUT2D eigenvalue weighted by atomic mass is 16.5. The monoisotopic (exact) mass is 219 g/mol. The number of aromatic nitrogens is 1. The normalized spacial score (nSPS) is 9.44. The van der Waals surface area contributed by atoms with E-state index in [1.807, 2.05) is 44.3 Å². The Hall–Kier alpha value is -1.77. The Labute approximate surface area is 95.4 Å². The van der Waals surface area contributed by atoms with Gasteiger partial charge in [0.1, 0.15) is 0 Å². The molecule has 2 aromatic rings. The number of benzene rings is 1. The molecule has 0 fully saturated rings. The van der Waals surface area contributed by atoms with E-state index in [1.54, 1.807) is 0 Å². The molecule has 0 aliphatic rings. The SMILES string of the molecule is CC.COC(=O)Cc1c[nH]c2ccccc12. The van der Waals surface area contributed by atoms with Crippen LogP contribution >= 0.6 is 0 Å². The highest BCUT2D eigenvalue weighted by Gasteiger charge is 2.07. The van der Waals surface area contributed by atoms with Gasteiger partial charge in [0.25, 0.3) is 0 Å². The smallest absolute Gasteiger partial charge is 0.310 e. The van der Waals surface area contributed by atoms with Gasteiger partial charge in [0.15, 0.2) is 0 Å². The lowest BCUT2D eigenvalue weighted by atomic mass is 10.1. The van der Waals surface area contributed by atoms with E-state index in [1.165, 1.54) is 7.11 Å². The van der Waals surface area contributed by atoms with Crippen molar-refractivity contribution in [3.8, 4) is 0 Å². The summed E-state index contributed by atoms with van der Waals surface area (Å²) in [6.07, 6.45) is 2.17. The predicted octanol–water partition coefficient (Wildman–Crippen LogP) is 2.91. The number of nitrogens with one attached hydrogen (secondary N) is 1. The topological polar surface area (TPSA) is 42.1 Å². The number of fused-ring (bicyclic) bond motifs is 1. The van der Waals surface area contributed by atoms with E-state index in [9.17, 15) is 4.79 Å². The second kappa shape index (κ2) is 5.95. The highest BCUT2D eigenvalue weighted by molar-refractivity contribution is 5.87. The van der Waals surface area contributed by atoms with E-state index in [2.05, 4.69) is 9.72 Å². The summed E-state index contributed by atoms with van der Waals surface area (Å²) < 4.78 is 4.62. The number of ether oxygens (including phenoxy) is 1. The van der Waals surface area contributed by atoms with E-state index in [0.29, 0.717) is 6.42 Å². The number of aromatic amines is 1. The van der Waals surface area contributed by atoms with Crippen LogP contribution in [0, 0.1) is 0 Å². The van der Waals surface area contributed by atoms with Crippen molar-refractivity contribution in [3.05, 3.63) is 36.0 Å². The van der Waals surface area contributed by atoms with Crippen molar-refractivity contribution in [1.82, 2.24) is 4.98 Å². The van der Waals surface area contributed by atoms with Crippen LogP contribution in [-0.2, 0) is 16.0 Å². The molecule has 0 amide bonds. The molecule has 3 nitrogen and oxygen atoms in total. The zero-order chi connectivity index (χ0) is 12.0. The first-order valence-corrected chi connectivity index (χ1v) is 5.43. The number of hydrogen-bond donors (Lipinski definition) is 1. The molecule has 0 unspecified atom stereocenters. The van der Waals surface area contributed by atoms with Gasteiger partial charge < -0.3 is 9.72 Å². The fraction of sp³-hybridized carbons (Fsp3) is 0.308. The van der Waals surface area contributed by atoms with Gasteiger partial charge in [0, 0.05) is 17.1 Å². The van der Waals surface area contributed by atoms with Gasteiger partial charge in [-0.25, -0.2) is 0 Å². The average molecular weight is 219 g/mol. The number of esters is 1. The van der Waals surface area contributed by atoms with Gasteiger partial charge in [-0.05, 0) is 11.6 Å². The van der Waals surface area contributed by atoms with Crippen LogP contribution in [0.15, 0.2) is 30.5 Å². The quantitative estimate of drug-likeness (QED) is 0.789. The van der Waals surface area contributed by atoms with Crippen LogP contribution in [0.25, 0.3) is 10.9 Å². The van der Waals surface area contributed by atoms with Crippen LogP contribution in [0.1, 0.15) is 19.4 Å². The Balaban J connectivity index is 0.000000606. The molecule has 0 saturated carbocycles. The summed E-state index contributed by atoms with van der Waals surface area (Å²) in [6.45, 7) is 4.00. The van der Waals surface area contributed by atoms with Gasteiger partial charge in [-0.2, -0.15) is 0 Å². The van der Waals surface area contributed by atoms with Crippen molar-refractivity contribution in [2.45, 2.75) is 20.3 Å². The molecule has 0 saturated heterocycles. The Bertz CT molecular complexity index is 460. The van der Waals surface area contributed by atoms with Gasteiger partial charge in [-0.3, -0.25) is 4.79 Å². The molecular formula is C13H17NO2. The van der Waals surface area contributed by atoms with Crippen LogP contribution in [0.2, 0.25) is 0 Å². The van der Waals surface area contributed by atoms with Crippen molar-refractivity contribution in [2.24, 2.45) is 0 Å². The highest BCUT2D eigenvalue weighted by Crippen LogP contribution is 2.18. The minimum absolute atomic E-state index is 0.213. The molecule has 1 aromatic carbocycles. The summed E-state index contributed by atoms with van der Waals surface area (Å²) >= 11 is 0. The Morgan fingerprint density at radius 2 is 2.00 bits per heavy atom. The first kappa shape index (κ1) is 12.3. The van der Waals surface area contributed by atoms with Gasteiger partial charge in [0.2, 0.25) is 0 Å². The molecule has 0 aliphatic carbocycles. The van der Waals surface area contributed by atoms with E-state index in [0.717, 1.165) is 16.5 Å². The second-order valence-corrected chi connectivity index (χ2v) is 3.11. The fourth-order valence-corrected chi connectivity index (χ4v) is 1.51. The van der Waals surface area contributed by atoms with Gasteiger partial charge in [-0.1, -0.05) is 32.0 Å². The summed E-state index contributed by atoms with van der Waals surface area (Å²) in [7, 11) is 1.40. The van der Waals surface area contributed by atoms with E-state index < -0.39 is 0 Å². The van der Waals surface area contributed by atoms with Crippen LogP contribution in [-0.4, -0.2) is 18.1 Å². The maximum Gasteiger partial charge on any atom is 0.310 e. The molecule has 16 heavy (non-hydrogen) atoms. The maximum atomic E-state index is 11.1. The number of H-pyrrole nitrogens is 1. The standard InChI is InChI=1S/C11H11NO2.C2H6/c1-14-11(13)6-8-7-12-10-5-3-2-4-9(8)10;1-2/h2-5,7,12H,6H2,1H3;1-2H3. The molecule has 86 valence electrons. The fourth-order valence-electron chi connectivity index (χ4n) is 1.51. The van der Waals surface area contributed by atoms with Gasteiger partial charge in [0.05, 0.1) is 13.5 Å². The number of rotatable bonds is 2. The summed E-state index contributed by atoms with van der Waals surface area (Å²) in [5.74, 6) is -0.213. The Kier molecular flexibility index (Phi) is 4.58. The number of hydrogen-bond acceptors (Lipinski definition) is 2. The first-order chi connectivity index (χ1) is 7.81. The molecule has 0 spiro atoms. The van der Waals surface area contributed by atoms with Crippen molar-refractivity contribution in [3.63, 3.8) is 0 Å². The van der Waals surface area contributed by atoms with Crippen molar-refractivity contribution >= 4 is 16.9 Å². The molecule has 0 atom stereocenters. The summed E-state index contributed by atoms with van der Waals surface area (Å²) in [4.78, 5) is 14.2. The van der Waals surface area contributed by atoms with Crippen LogP contribution in [0.5, 0.6) is 0 Å². The first-order valence-electron chi connectivity index (χ1n) is 5.43. The lowest BCUT2D eigenvalue weighted by Gasteiger charge is -1.97. The predicted molar refractivity (Wildman–Crippen MR) is 65.4 cm³/mol. The molecule has 1 heterocycles. The van der Waals surface area contributed by atoms with E-state index in [-0.39, 0.29) is 5.97 Å². The molecule has 1 aromatic heterocycles.